The number of likely N-dealkylation sites (tertiary alicyclic amines) is 2. The number of nitrogens with zero attached hydrogens (tertiary/aromatic N) is 4. The van der Waals surface area contributed by atoms with Crippen molar-refractivity contribution >= 4 is 29.3 Å². The molecule has 5 fully saturated rings. The van der Waals surface area contributed by atoms with Gasteiger partial charge >= 0.3 is 0 Å². The Morgan fingerprint density at radius 3 is 2.26 bits per heavy atom. The molecule has 5 atom stereocenters. The molecule has 0 spiro atoms. The molecule has 0 unspecified atom stereocenters. The molecule has 4 aliphatic heterocycles. The van der Waals surface area contributed by atoms with E-state index in [-0.39, 0.29) is 47.1 Å². The average molecular weight is 671 g/mol. The summed E-state index contributed by atoms with van der Waals surface area (Å²) < 4.78 is 11.6. The molecule has 0 aromatic heterocycles. The van der Waals surface area contributed by atoms with Crippen LogP contribution in [0.5, 0.6) is 0 Å². The predicted molar refractivity (Wildman–Crippen MR) is 182 cm³/mol. The quantitative estimate of drug-likeness (QED) is 0.389. The summed E-state index contributed by atoms with van der Waals surface area (Å²) in [6, 6.07) is 7.57. The van der Waals surface area contributed by atoms with E-state index in [4.69, 9.17) is 21.1 Å². The summed E-state index contributed by atoms with van der Waals surface area (Å²) in [6.07, 6.45) is 7.55. The van der Waals surface area contributed by atoms with Gasteiger partial charge in [-0.25, -0.2) is 0 Å². The topological polar surface area (TPSA) is 82.6 Å². The molecule has 5 aliphatic rings. The smallest absolute Gasteiger partial charge is 0.252 e. The van der Waals surface area contributed by atoms with E-state index >= 15 is 0 Å². The molecule has 6 rings (SSSR count). The van der Waals surface area contributed by atoms with Crippen LogP contribution in [-0.2, 0) is 23.9 Å². The van der Waals surface area contributed by atoms with Gasteiger partial charge in [-0.05, 0) is 87.8 Å². The van der Waals surface area contributed by atoms with E-state index in [0.29, 0.717) is 43.7 Å². The Hall–Kier alpha value is -2.20. The van der Waals surface area contributed by atoms with Gasteiger partial charge in [0.2, 0.25) is 11.8 Å². The SMILES string of the molecule is CCN(C)C(=O)[C@@H]1C[C@H](N(C(=O)[C@@H]2CCCO2)C2CCC(C)(C)CC2)CN1C(=O)[C@@H]1CN(C2CCOCC2)C[C@H]1c1ccc(Cl)cc1. The maximum atomic E-state index is 15.0. The van der Waals surface area contributed by atoms with Gasteiger partial charge in [0, 0.05) is 76.1 Å². The van der Waals surface area contributed by atoms with Gasteiger partial charge in [0.05, 0.1) is 12.0 Å². The first kappa shape index (κ1) is 34.7. The second-order valence-electron chi connectivity index (χ2n) is 15.5. The van der Waals surface area contributed by atoms with Gasteiger partial charge < -0.3 is 24.2 Å². The average Bonchev–Trinajstić information content (AvgIpc) is 3.86. The molecule has 4 heterocycles. The first-order chi connectivity index (χ1) is 22.6. The monoisotopic (exact) mass is 670 g/mol. The van der Waals surface area contributed by atoms with Crippen molar-refractivity contribution in [3.8, 4) is 0 Å². The van der Waals surface area contributed by atoms with E-state index in [1.807, 2.05) is 43.1 Å². The first-order valence-electron chi connectivity index (χ1n) is 18.1. The second-order valence-corrected chi connectivity index (χ2v) is 15.9. The van der Waals surface area contributed by atoms with Gasteiger partial charge in [-0.3, -0.25) is 19.3 Å². The van der Waals surface area contributed by atoms with Crippen molar-refractivity contribution in [3.63, 3.8) is 0 Å². The Labute approximate surface area is 286 Å². The Kier molecular flexibility index (Phi) is 10.9. The van der Waals surface area contributed by atoms with Crippen LogP contribution in [0.3, 0.4) is 0 Å². The molecule has 1 aliphatic carbocycles. The molecular weight excluding hydrogens is 616 g/mol. The lowest BCUT2D eigenvalue weighted by molar-refractivity contribution is -0.148. The fourth-order valence-electron chi connectivity index (χ4n) is 8.86. The molecule has 47 heavy (non-hydrogen) atoms. The van der Waals surface area contributed by atoms with Crippen molar-refractivity contribution in [1.82, 2.24) is 19.6 Å². The molecule has 9 nitrogen and oxygen atoms in total. The summed E-state index contributed by atoms with van der Waals surface area (Å²) in [6.45, 7) is 11.1. The summed E-state index contributed by atoms with van der Waals surface area (Å²) in [5.41, 5.74) is 1.36. The third kappa shape index (κ3) is 7.53. The highest BCUT2D eigenvalue weighted by atomic mass is 35.5. The zero-order chi connectivity index (χ0) is 33.3. The molecular formula is C37H55ClN4O5. The van der Waals surface area contributed by atoms with Crippen LogP contribution >= 0.6 is 11.6 Å². The van der Waals surface area contributed by atoms with E-state index in [1.54, 1.807) is 4.90 Å². The second kappa shape index (κ2) is 14.7. The van der Waals surface area contributed by atoms with E-state index in [1.165, 1.54) is 0 Å². The van der Waals surface area contributed by atoms with Gasteiger partial charge in [0.15, 0.2) is 0 Å². The van der Waals surface area contributed by atoms with Crippen LogP contribution in [0.25, 0.3) is 0 Å². The van der Waals surface area contributed by atoms with Crippen LogP contribution in [0.1, 0.15) is 90.0 Å². The Morgan fingerprint density at radius 1 is 0.915 bits per heavy atom. The minimum absolute atomic E-state index is 0.00785. The van der Waals surface area contributed by atoms with Crippen LogP contribution in [0.15, 0.2) is 24.3 Å². The van der Waals surface area contributed by atoms with Crippen LogP contribution in [0, 0.1) is 11.3 Å². The van der Waals surface area contributed by atoms with E-state index in [2.05, 4.69) is 23.6 Å². The van der Waals surface area contributed by atoms with Crippen LogP contribution in [-0.4, -0.2) is 121 Å². The van der Waals surface area contributed by atoms with Gasteiger partial charge in [0.1, 0.15) is 12.1 Å². The Bertz CT molecular complexity index is 1250. The van der Waals surface area contributed by atoms with E-state index in [0.717, 1.165) is 76.7 Å². The maximum Gasteiger partial charge on any atom is 0.252 e. The van der Waals surface area contributed by atoms with Crippen molar-refractivity contribution in [3.05, 3.63) is 34.9 Å². The lowest BCUT2D eigenvalue weighted by Gasteiger charge is -2.43. The molecule has 0 N–H and O–H groups in total. The standard InChI is InChI=1S/C37H55ClN4O5/c1-5-39(4)35(44)32-21-29(42(36(45)33-7-6-18-47-33)28-12-16-37(2,3)17-13-28)22-41(32)34(43)31-24-40(27-14-19-46-20-15-27)23-30(31)25-8-10-26(38)11-9-25/h8-11,27-33H,5-7,12-24H2,1-4H3/t29-,30-,31+,32-,33-/m0/s1. The fourth-order valence-corrected chi connectivity index (χ4v) is 8.98. The number of carbonyl (C=O) groups excluding carboxylic acids is 3. The van der Waals surface area contributed by atoms with Gasteiger partial charge in [-0.15, -0.1) is 0 Å². The Balaban J connectivity index is 1.30. The van der Waals surface area contributed by atoms with E-state index in [9.17, 15) is 14.4 Å². The predicted octanol–water partition coefficient (Wildman–Crippen LogP) is 4.96. The molecule has 4 saturated heterocycles. The highest BCUT2D eigenvalue weighted by molar-refractivity contribution is 6.30. The van der Waals surface area contributed by atoms with E-state index < -0.39 is 12.1 Å². The van der Waals surface area contributed by atoms with Gasteiger partial charge in [-0.2, -0.15) is 0 Å². The maximum absolute atomic E-state index is 15.0. The van der Waals surface area contributed by atoms with Crippen molar-refractivity contribution < 1.29 is 23.9 Å². The normalized spacial score (nSPS) is 30.5. The number of ether oxygens (including phenoxy) is 2. The number of rotatable bonds is 8. The molecule has 0 bridgehead atoms. The van der Waals surface area contributed by atoms with Crippen molar-refractivity contribution in [2.75, 3.05) is 53.0 Å². The molecule has 10 heteroatoms. The first-order valence-corrected chi connectivity index (χ1v) is 18.5. The van der Waals surface area contributed by atoms with Crippen molar-refractivity contribution in [1.29, 1.82) is 0 Å². The zero-order valence-corrected chi connectivity index (χ0v) is 29.6. The highest BCUT2D eigenvalue weighted by Crippen LogP contribution is 2.42. The van der Waals surface area contributed by atoms with Crippen LogP contribution < -0.4 is 0 Å². The number of benzene rings is 1. The zero-order valence-electron chi connectivity index (χ0n) is 28.9. The number of hydrogen-bond acceptors (Lipinski definition) is 6. The highest BCUT2D eigenvalue weighted by Gasteiger charge is 2.51. The summed E-state index contributed by atoms with van der Waals surface area (Å²) in [5.74, 6) is -0.268. The third-order valence-corrected chi connectivity index (χ3v) is 12.2. The number of halogens is 1. The summed E-state index contributed by atoms with van der Waals surface area (Å²) in [4.78, 5) is 51.4. The molecule has 1 aromatic carbocycles. The number of amides is 3. The third-order valence-electron chi connectivity index (χ3n) is 11.9. The minimum Gasteiger partial charge on any atom is -0.381 e. The number of carbonyl (C=O) groups is 3. The summed E-state index contributed by atoms with van der Waals surface area (Å²) >= 11 is 6.28. The lowest BCUT2D eigenvalue weighted by Crippen LogP contribution is -2.53. The summed E-state index contributed by atoms with van der Waals surface area (Å²) in [7, 11) is 1.82. The van der Waals surface area contributed by atoms with Gasteiger partial charge in [0.25, 0.3) is 5.91 Å². The molecule has 0 radical (unpaired) electrons. The van der Waals surface area contributed by atoms with Crippen LogP contribution in [0.4, 0.5) is 0 Å². The van der Waals surface area contributed by atoms with Gasteiger partial charge in [-0.1, -0.05) is 37.6 Å². The minimum atomic E-state index is -0.597. The Morgan fingerprint density at radius 2 is 1.62 bits per heavy atom. The molecule has 3 amide bonds. The number of likely N-dealkylation sites (N-methyl/N-ethyl adjacent to an activating group) is 1. The fraction of sp³-hybridized carbons (Fsp3) is 0.757. The van der Waals surface area contributed by atoms with Crippen molar-refractivity contribution in [2.45, 2.75) is 115 Å². The molecule has 260 valence electrons. The van der Waals surface area contributed by atoms with Crippen LogP contribution in [0.2, 0.25) is 5.02 Å². The largest absolute Gasteiger partial charge is 0.381 e. The summed E-state index contributed by atoms with van der Waals surface area (Å²) in [5, 5.41) is 0.675. The number of hydrogen-bond donors (Lipinski definition) is 0. The molecule has 1 saturated carbocycles. The molecule has 1 aromatic rings. The lowest BCUT2D eigenvalue weighted by atomic mass is 9.75. The van der Waals surface area contributed by atoms with Crippen molar-refractivity contribution in [2.24, 2.45) is 11.3 Å².